The first kappa shape index (κ1) is 10.6. The van der Waals surface area contributed by atoms with Crippen LogP contribution < -0.4 is 5.56 Å². The van der Waals surface area contributed by atoms with Crippen LogP contribution in [0.2, 0.25) is 5.02 Å². The Balaban J connectivity index is 2.62. The molecule has 82 valence electrons. The van der Waals surface area contributed by atoms with Crippen LogP contribution in [0.5, 0.6) is 5.88 Å². The molecule has 0 saturated carbocycles. The van der Waals surface area contributed by atoms with E-state index in [-0.39, 0.29) is 16.4 Å². The van der Waals surface area contributed by atoms with E-state index in [1.54, 1.807) is 0 Å². The van der Waals surface area contributed by atoms with Crippen LogP contribution in [-0.2, 0) is 0 Å². The van der Waals surface area contributed by atoms with Crippen molar-refractivity contribution in [3.8, 4) is 17.3 Å². The van der Waals surface area contributed by atoms with Crippen molar-refractivity contribution in [3.05, 3.63) is 45.5 Å². The third-order valence-corrected chi connectivity index (χ3v) is 2.08. The van der Waals surface area contributed by atoms with Gasteiger partial charge in [0.05, 0.1) is 6.07 Å². The molecule has 0 fully saturated rings. The molecule has 4 nitrogen and oxygen atoms in total. The van der Waals surface area contributed by atoms with Crippen molar-refractivity contribution in [2.45, 2.75) is 0 Å². The Morgan fingerprint density at radius 2 is 2.06 bits per heavy atom. The molecule has 1 heterocycles. The second-order valence-corrected chi connectivity index (χ2v) is 3.55. The molecule has 16 heavy (non-hydrogen) atoms. The van der Waals surface area contributed by atoms with Crippen LogP contribution in [0, 0.1) is 5.82 Å². The topological polar surface area (TPSA) is 66.0 Å². The predicted octanol–water partition coefficient (Wildman–Crippen LogP) is 1.93. The maximum Gasteiger partial charge on any atom is 0.254 e. The number of aromatic nitrogens is 2. The molecule has 2 rings (SSSR count). The molecule has 1 aromatic carbocycles. The van der Waals surface area contributed by atoms with Gasteiger partial charge in [-0.3, -0.25) is 4.79 Å². The normalized spacial score (nSPS) is 10.4. The van der Waals surface area contributed by atoms with Gasteiger partial charge in [0.1, 0.15) is 11.6 Å². The molecule has 1 aromatic heterocycles. The highest BCUT2D eigenvalue weighted by molar-refractivity contribution is 6.30. The average Bonchev–Trinajstić information content (AvgIpc) is 2.14. The number of nitrogens with zero attached hydrogens (tertiary/aromatic N) is 1. The first-order valence-corrected chi connectivity index (χ1v) is 4.69. The Morgan fingerprint density at radius 1 is 1.31 bits per heavy atom. The van der Waals surface area contributed by atoms with Gasteiger partial charge in [-0.15, -0.1) is 0 Å². The highest BCUT2D eigenvalue weighted by atomic mass is 35.5. The average molecular weight is 241 g/mol. The lowest BCUT2D eigenvalue weighted by molar-refractivity contribution is 0.452. The minimum atomic E-state index is -0.548. The molecule has 2 N–H and O–H groups in total. The van der Waals surface area contributed by atoms with E-state index in [0.29, 0.717) is 0 Å². The van der Waals surface area contributed by atoms with Crippen molar-refractivity contribution in [2.75, 3.05) is 0 Å². The number of benzene rings is 1. The lowest BCUT2D eigenvalue weighted by Gasteiger charge is -2.02. The van der Waals surface area contributed by atoms with Crippen molar-refractivity contribution < 1.29 is 9.50 Å². The van der Waals surface area contributed by atoms with E-state index in [1.807, 2.05) is 0 Å². The van der Waals surface area contributed by atoms with Crippen LogP contribution in [0.4, 0.5) is 4.39 Å². The smallest absolute Gasteiger partial charge is 0.254 e. The molecule has 0 unspecified atom stereocenters. The SMILES string of the molecule is O=c1cc(O)nc(-c2cc(F)cc(Cl)c2)[nH]1. The third-order valence-electron chi connectivity index (χ3n) is 1.86. The molecule has 0 aliphatic heterocycles. The van der Waals surface area contributed by atoms with E-state index in [0.717, 1.165) is 18.2 Å². The minimum absolute atomic E-state index is 0.0615. The molecule has 0 bridgehead atoms. The highest BCUT2D eigenvalue weighted by Crippen LogP contribution is 2.21. The van der Waals surface area contributed by atoms with Gasteiger partial charge in [-0.05, 0) is 18.2 Å². The lowest BCUT2D eigenvalue weighted by Crippen LogP contribution is -2.06. The summed E-state index contributed by atoms with van der Waals surface area (Å²) in [5, 5.41) is 9.32. The second-order valence-electron chi connectivity index (χ2n) is 3.11. The Kier molecular flexibility index (Phi) is 2.62. The fourth-order valence-electron chi connectivity index (χ4n) is 1.27. The molecule has 0 saturated heterocycles. The van der Waals surface area contributed by atoms with Crippen LogP contribution in [0.15, 0.2) is 29.1 Å². The number of hydrogen-bond donors (Lipinski definition) is 2. The van der Waals surface area contributed by atoms with E-state index in [2.05, 4.69) is 9.97 Å². The number of hydrogen-bond acceptors (Lipinski definition) is 3. The number of rotatable bonds is 1. The summed E-state index contributed by atoms with van der Waals surface area (Å²) in [5.41, 5.74) is -0.235. The molecule has 0 atom stereocenters. The zero-order valence-electron chi connectivity index (χ0n) is 7.87. The van der Waals surface area contributed by atoms with Crippen LogP contribution >= 0.6 is 11.6 Å². The van der Waals surface area contributed by atoms with Crippen LogP contribution in [0.3, 0.4) is 0 Å². The number of aromatic amines is 1. The van der Waals surface area contributed by atoms with Crippen LogP contribution in [0.1, 0.15) is 0 Å². The van der Waals surface area contributed by atoms with E-state index in [4.69, 9.17) is 16.7 Å². The molecule has 0 spiro atoms. The molecule has 6 heteroatoms. The fourth-order valence-corrected chi connectivity index (χ4v) is 1.49. The Hall–Kier alpha value is -1.88. The Bertz CT molecular complexity index is 577. The monoisotopic (exact) mass is 240 g/mol. The molecular weight excluding hydrogens is 235 g/mol. The van der Waals surface area contributed by atoms with Crippen molar-refractivity contribution in [1.29, 1.82) is 0 Å². The van der Waals surface area contributed by atoms with Gasteiger partial charge in [0.25, 0.3) is 5.56 Å². The molecule has 0 aliphatic rings. The lowest BCUT2D eigenvalue weighted by atomic mass is 10.2. The van der Waals surface area contributed by atoms with Gasteiger partial charge >= 0.3 is 0 Å². The summed E-state index contributed by atoms with van der Waals surface area (Å²) < 4.78 is 13.0. The van der Waals surface area contributed by atoms with Gasteiger partial charge in [-0.2, -0.15) is 4.98 Å². The zero-order valence-corrected chi connectivity index (χ0v) is 8.62. The van der Waals surface area contributed by atoms with Crippen molar-refractivity contribution >= 4 is 11.6 Å². The molecular formula is C10H6ClFN2O2. The minimum Gasteiger partial charge on any atom is -0.493 e. The van der Waals surface area contributed by atoms with Crippen molar-refractivity contribution in [2.24, 2.45) is 0 Å². The van der Waals surface area contributed by atoms with E-state index >= 15 is 0 Å². The quantitative estimate of drug-likeness (QED) is 0.801. The summed E-state index contributed by atoms with van der Waals surface area (Å²) in [6, 6.07) is 4.64. The molecule has 0 aliphatic carbocycles. The summed E-state index contributed by atoms with van der Waals surface area (Å²) in [6.07, 6.45) is 0. The van der Waals surface area contributed by atoms with Crippen LogP contribution in [0.25, 0.3) is 11.4 Å². The zero-order chi connectivity index (χ0) is 11.7. The summed E-state index contributed by atoms with van der Waals surface area (Å²) >= 11 is 5.66. The summed E-state index contributed by atoms with van der Waals surface area (Å²) in [7, 11) is 0. The van der Waals surface area contributed by atoms with Gasteiger partial charge < -0.3 is 10.1 Å². The molecule has 2 aromatic rings. The van der Waals surface area contributed by atoms with Gasteiger partial charge in [0.2, 0.25) is 5.88 Å². The number of halogens is 2. The summed E-state index contributed by atoms with van der Waals surface area (Å²) in [4.78, 5) is 17.1. The van der Waals surface area contributed by atoms with Gasteiger partial charge in [-0.1, -0.05) is 11.6 Å². The maximum atomic E-state index is 13.0. The van der Waals surface area contributed by atoms with Crippen LogP contribution in [-0.4, -0.2) is 15.1 Å². The largest absolute Gasteiger partial charge is 0.493 e. The predicted molar refractivity (Wildman–Crippen MR) is 56.9 cm³/mol. The Labute approximate surface area is 94.4 Å². The standard InChI is InChI=1S/C10H6ClFN2O2/c11-6-1-5(2-7(12)3-6)10-13-8(15)4-9(16)14-10/h1-4H,(H2,13,14,15,16). The number of H-pyrrole nitrogens is 1. The van der Waals surface area contributed by atoms with Gasteiger partial charge in [-0.25, -0.2) is 4.39 Å². The Morgan fingerprint density at radius 3 is 2.69 bits per heavy atom. The maximum absolute atomic E-state index is 13.0. The summed E-state index contributed by atoms with van der Waals surface area (Å²) in [6.45, 7) is 0. The van der Waals surface area contributed by atoms with Gasteiger partial charge in [0.15, 0.2) is 0 Å². The van der Waals surface area contributed by atoms with Crippen molar-refractivity contribution in [3.63, 3.8) is 0 Å². The summed E-state index contributed by atoms with van der Waals surface area (Å²) in [5.74, 6) is -0.918. The van der Waals surface area contributed by atoms with Crippen molar-refractivity contribution in [1.82, 2.24) is 9.97 Å². The number of aromatic hydroxyl groups is 1. The molecule has 0 radical (unpaired) electrons. The van der Waals surface area contributed by atoms with Gasteiger partial charge in [0, 0.05) is 10.6 Å². The third kappa shape index (κ3) is 2.20. The number of nitrogens with one attached hydrogen (secondary N) is 1. The highest BCUT2D eigenvalue weighted by Gasteiger charge is 2.06. The first-order chi connectivity index (χ1) is 7.54. The second kappa shape index (κ2) is 3.94. The first-order valence-electron chi connectivity index (χ1n) is 4.31. The van der Waals surface area contributed by atoms with E-state index in [1.165, 1.54) is 6.07 Å². The molecule has 0 amide bonds. The fraction of sp³-hybridized carbons (Fsp3) is 0. The van der Waals surface area contributed by atoms with E-state index in [9.17, 15) is 9.18 Å². The van der Waals surface area contributed by atoms with E-state index < -0.39 is 17.3 Å².